The normalized spacial score (nSPS) is 11.3. The summed E-state index contributed by atoms with van der Waals surface area (Å²) >= 11 is 0. The summed E-state index contributed by atoms with van der Waals surface area (Å²) in [7, 11) is 3.49. The third-order valence-electron chi connectivity index (χ3n) is 3.67. The first-order valence-corrected chi connectivity index (χ1v) is 7.62. The highest BCUT2D eigenvalue weighted by molar-refractivity contribution is 5.81. The van der Waals surface area contributed by atoms with Crippen LogP contribution < -0.4 is 5.32 Å². The fourth-order valence-corrected chi connectivity index (χ4v) is 2.59. The van der Waals surface area contributed by atoms with E-state index in [9.17, 15) is 0 Å². The van der Waals surface area contributed by atoms with Crippen LogP contribution in [-0.4, -0.2) is 38.5 Å². The topological polar surface area (TPSA) is 35.4 Å². The molecule has 2 aromatic rings. The van der Waals surface area contributed by atoms with Crippen molar-refractivity contribution in [1.29, 1.82) is 0 Å². The fourth-order valence-electron chi connectivity index (χ4n) is 2.59. The van der Waals surface area contributed by atoms with Crippen LogP contribution in [0.5, 0.6) is 0 Å². The van der Waals surface area contributed by atoms with Crippen LogP contribution >= 0.6 is 0 Å². The molecule has 116 valence electrons. The van der Waals surface area contributed by atoms with E-state index in [0.717, 1.165) is 45.7 Å². The molecule has 1 aromatic carbocycles. The highest BCUT2D eigenvalue weighted by Crippen LogP contribution is 2.20. The predicted octanol–water partition coefficient (Wildman–Crippen LogP) is 2.80. The molecule has 2 rings (SSSR count). The van der Waals surface area contributed by atoms with E-state index in [-0.39, 0.29) is 0 Å². The van der Waals surface area contributed by atoms with Crippen molar-refractivity contribution in [3.05, 3.63) is 36.0 Å². The number of rotatable bonds is 10. The summed E-state index contributed by atoms with van der Waals surface area (Å²) in [4.78, 5) is 0. The summed E-state index contributed by atoms with van der Waals surface area (Å²) in [6, 6.07) is 10.9. The zero-order valence-corrected chi connectivity index (χ0v) is 13.1. The number of aryl methyl sites for hydroxylation is 1. The van der Waals surface area contributed by atoms with Gasteiger partial charge in [-0.3, -0.25) is 0 Å². The molecule has 0 fully saturated rings. The predicted molar refractivity (Wildman–Crippen MR) is 86.6 cm³/mol. The average molecular weight is 290 g/mol. The van der Waals surface area contributed by atoms with Gasteiger partial charge >= 0.3 is 0 Å². The van der Waals surface area contributed by atoms with Crippen LogP contribution in [0.4, 0.5) is 0 Å². The number of benzene rings is 1. The van der Waals surface area contributed by atoms with Gasteiger partial charge in [-0.1, -0.05) is 18.2 Å². The molecule has 0 amide bonds. The molecule has 0 saturated heterocycles. The van der Waals surface area contributed by atoms with E-state index in [0.29, 0.717) is 0 Å². The van der Waals surface area contributed by atoms with E-state index in [1.54, 1.807) is 14.2 Å². The number of para-hydroxylation sites is 1. The Morgan fingerprint density at radius 1 is 1.05 bits per heavy atom. The molecule has 0 unspecified atom stereocenters. The Morgan fingerprint density at radius 3 is 2.67 bits per heavy atom. The minimum absolute atomic E-state index is 0.744. The third kappa shape index (κ3) is 4.56. The standard InChI is InChI=1S/C17H26N2O2/c1-20-11-6-5-10-19-16(14-18-9-12-21-2)13-15-7-3-4-8-17(15)19/h3-4,7-8,13,18H,5-6,9-12,14H2,1-2H3. The number of fused-ring (bicyclic) bond motifs is 1. The van der Waals surface area contributed by atoms with E-state index in [2.05, 4.69) is 40.2 Å². The maximum absolute atomic E-state index is 5.14. The highest BCUT2D eigenvalue weighted by Gasteiger charge is 2.07. The minimum atomic E-state index is 0.744. The average Bonchev–Trinajstić information content (AvgIpc) is 2.86. The van der Waals surface area contributed by atoms with Crippen molar-refractivity contribution >= 4 is 10.9 Å². The maximum atomic E-state index is 5.14. The van der Waals surface area contributed by atoms with E-state index in [1.165, 1.54) is 16.6 Å². The summed E-state index contributed by atoms with van der Waals surface area (Å²) in [5.74, 6) is 0. The van der Waals surface area contributed by atoms with Crippen LogP contribution in [0.3, 0.4) is 0 Å². The molecule has 0 aliphatic rings. The molecule has 0 atom stereocenters. The van der Waals surface area contributed by atoms with Gasteiger partial charge in [-0.2, -0.15) is 0 Å². The molecule has 1 heterocycles. The molecule has 1 aromatic heterocycles. The second-order valence-electron chi connectivity index (χ2n) is 5.22. The Labute approximate surface area is 127 Å². The van der Waals surface area contributed by atoms with Gasteiger partial charge in [-0.05, 0) is 30.4 Å². The SMILES string of the molecule is COCCCCn1c(CNCCOC)cc2ccccc21. The first kappa shape index (κ1) is 16.0. The Hall–Kier alpha value is -1.36. The first-order valence-electron chi connectivity index (χ1n) is 7.62. The van der Waals surface area contributed by atoms with Gasteiger partial charge < -0.3 is 19.4 Å². The molecule has 0 bridgehead atoms. The van der Waals surface area contributed by atoms with E-state index < -0.39 is 0 Å². The summed E-state index contributed by atoms with van der Waals surface area (Å²) in [6.45, 7) is 4.37. The monoisotopic (exact) mass is 290 g/mol. The lowest BCUT2D eigenvalue weighted by Gasteiger charge is -2.11. The molecule has 0 aliphatic heterocycles. The summed E-state index contributed by atoms with van der Waals surface area (Å²) < 4.78 is 12.6. The van der Waals surface area contributed by atoms with Crippen LogP contribution in [-0.2, 0) is 22.6 Å². The molecular formula is C17H26N2O2. The first-order chi connectivity index (χ1) is 10.4. The quantitative estimate of drug-likeness (QED) is 0.683. The molecule has 21 heavy (non-hydrogen) atoms. The van der Waals surface area contributed by atoms with E-state index >= 15 is 0 Å². The molecule has 4 heteroatoms. The van der Waals surface area contributed by atoms with Crippen LogP contribution in [0.2, 0.25) is 0 Å². The van der Waals surface area contributed by atoms with Crippen LogP contribution in [0.25, 0.3) is 10.9 Å². The van der Waals surface area contributed by atoms with Crippen LogP contribution in [0, 0.1) is 0 Å². The van der Waals surface area contributed by atoms with Gasteiger partial charge in [-0.15, -0.1) is 0 Å². The zero-order valence-electron chi connectivity index (χ0n) is 13.1. The second-order valence-corrected chi connectivity index (χ2v) is 5.22. The Balaban J connectivity index is 2.06. The summed E-state index contributed by atoms with van der Waals surface area (Å²) in [5, 5.41) is 4.75. The molecule has 0 spiro atoms. The number of ether oxygens (including phenoxy) is 2. The minimum Gasteiger partial charge on any atom is -0.385 e. The summed E-state index contributed by atoms with van der Waals surface area (Å²) in [5.41, 5.74) is 2.66. The summed E-state index contributed by atoms with van der Waals surface area (Å²) in [6.07, 6.45) is 2.23. The number of nitrogens with zero attached hydrogens (tertiary/aromatic N) is 1. The lowest BCUT2D eigenvalue weighted by Crippen LogP contribution is -2.20. The Morgan fingerprint density at radius 2 is 1.86 bits per heavy atom. The molecule has 1 N–H and O–H groups in total. The number of hydrogen-bond donors (Lipinski definition) is 1. The van der Waals surface area contributed by atoms with Gasteiger partial charge in [0.05, 0.1) is 6.61 Å². The number of methoxy groups -OCH3 is 2. The maximum Gasteiger partial charge on any atom is 0.0587 e. The van der Waals surface area contributed by atoms with Gasteiger partial charge in [0.1, 0.15) is 0 Å². The Kier molecular flexibility index (Phi) is 6.73. The van der Waals surface area contributed by atoms with Crippen LogP contribution in [0.15, 0.2) is 30.3 Å². The van der Waals surface area contributed by atoms with Crippen molar-refractivity contribution < 1.29 is 9.47 Å². The van der Waals surface area contributed by atoms with Gasteiger partial charge in [0.25, 0.3) is 0 Å². The van der Waals surface area contributed by atoms with Gasteiger partial charge in [-0.25, -0.2) is 0 Å². The highest BCUT2D eigenvalue weighted by atomic mass is 16.5. The van der Waals surface area contributed by atoms with Crippen molar-refractivity contribution in [2.24, 2.45) is 0 Å². The van der Waals surface area contributed by atoms with Crippen molar-refractivity contribution in [2.75, 3.05) is 34.0 Å². The molecule has 0 aliphatic carbocycles. The van der Waals surface area contributed by atoms with Crippen molar-refractivity contribution in [2.45, 2.75) is 25.9 Å². The largest absolute Gasteiger partial charge is 0.385 e. The Bertz CT molecular complexity index is 537. The lowest BCUT2D eigenvalue weighted by atomic mass is 10.2. The van der Waals surface area contributed by atoms with Crippen molar-refractivity contribution in [1.82, 2.24) is 9.88 Å². The molecule has 0 saturated carbocycles. The van der Waals surface area contributed by atoms with Gasteiger partial charge in [0.2, 0.25) is 0 Å². The lowest BCUT2D eigenvalue weighted by molar-refractivity contribution is 0.191. The zero-order chi connectivity index (χ0) is 14.9. The van der Waals surface area contributed by atoms with Crippen LogP contribution in [0.1, 0.15) is 18.5 Å². The van der Waals surface area contributed by atoms with Gasteiger partial charge in [0.15, 0.2) is 0 Å². The number of unbranched alkanes of at least 4 members (excludes halogenated alkanes) is 1. The van der Waals surface area contributed by atoms with Gasteiger partial charge in [0, 0.05) is 51.7 Å². The van der Waals surface area contributed by atoms with Crippen molar-refractivity contribution in [3.8, 4) is 0 Å². The van der Waals surface area contributed by atoms with E-state index in [4.69, 9.17) is 9.47 Å². The number of aromatic nitrogens is 1. The molecular weight excluding hydrogens is 264 g/mol. The third-order valence-corrected chi connectivity index (χ3v) is 3.67. The molecule has 4 nitrogen and oxygen atoms in total. The number of hydrogen-bond acceptors (Lipinski definition) is 3. The van der Waals surface area contributed by atoms with Crippen molar-refractivity contribution in [3.63, 3.8) is 0 Å². The molecule has 0 radical (unpaired) electrons. The smallest absolute Gasteiger partial charge is 0.0587 e. The fraction of sp³-hybridized carbons (Fsp3) is 0.529. The number of nitrogens with one attached hydrogen (secondary N) is 1. The van der Waals surface area contributed by atoms with E-state index in [1.807, 2.05) is 0 Å². The second kappa shape index (κ2) is 8.82.